The summed E-state index contributed by atoms with van der Waals surface area (Å²) in [5.41, 5.74) is 4.83. The molecule has 0 spiro atoms. The molecule has 0 atom stereocenters. The Labute approximate surface area is 125 Å². The molecule has 3 aliphatic rings. The lowest BCUT2D eigenvalue weighted by atomic mass is 9.82. The molecule has 2 fully saturated rings. The number of hydrogen-bond acceptors (Lipinski definition) is 1. The van der Waals surface area contributed by atoms with Gasteiger partial charge in [-0.25, -0.2) is 0 Å². The van der Waals surface area contributed by atoms with Crippen LogP contribution in [0.4, 0.5) is 0 Å². The summed E-state index contributed by atoms with van der Waals surface area (Å²) in [5.74, 6) is 0.935. The van der Waals surface area contributed by atoms with E-state index in [1.54, 1.807) is 16.7 Å². The normalized spacial score (nSPS) is 25.9. The van der Waals surface area contributed by atoms with Crippen LogP contribution in [0, 0.1) is 5.92 Å². The zero-order valence-electron chi connectivity index (χ0n) is 13.0. The Morgan fingerprint density at radius 2 is 1.95 bits per heavy atom. The molecule has 0 aromatic heterocycles. The summed E-state index contributed by atoms with van der Waals surface area (Å²) in [6.45, 7) is 5.03. The summed E-state index contributed by atoms with van der Waals surface area (Å²) < 4.78 is 0. The van der Waals surface area contributed by atoms with Crippen molar-refractivity contribution in [2.45, 2.75) is 70.7 Å². The molecule has 20 heavy (non-hydrogen) atoms. The van der Waals surface area contributed by atoms with Gasteiger partial charge in [0.05, 0.1) is 7.85 Å². The first-order valence-corrected chi connectivity index (χ1v) is 8.58. The standard InChI is InChI=1S/C18H28BN/c1-14-10-15(8-9-19)6-7-17(14)11-16-12-20(13-16)18-4-2-3-5-18/h10,16,18H,2-9,11-13H2,1H3. The first-order chi connectivity index (χ1) is 9.76. The van der Waals surface area contributed by atoms with Gasteiger partial charge in [0, 0.05) is 19.1 Å². The molecule has 0 N–H and O–H groups in total. The van der Waals surface area contributed by atoms with Crippen molar-refractivity contribution in [1.29, 1.82) is 0 Å². The van der Waals surface area contributed by atoms with Crippen molar-refractivity contribution in [2.24, 2.45) is 5.92 Å². The molecule has 1 aliphatic heterocycles. The van der Waals surface area contributed by atoms with E-state index in [4.69, 9.17) is 7.85 Å². The van der Waals surface area contributed by atoms with Crippen molar-refractivity contribution in [2.75, 3.05) is 13.1 Å². The van der Waals surface area contributed by atoms with Crippen LogP contribution in [0.25, 0.3) is 0 Å². The van der Waals surface area contributed by atoms with E-state index in [-0.39, 0.29) is 0 Å². The summed E-state index contributed by atoms with van der Waals surface area (Å²) in [6, 6.07) is 0.934. The summed E-state index contributed by atoms with van der Waals surface area (Å²) >= 11 is 0. The molecular weight excluding hydrogens is 241 g/mol. The van der Waals surface area contributed by atoms with Gasteiger partial charge in [0.15, 0.2) is 0 Å². The number of nitrogens with zero attached hydrogens (tertiary/aromatic N) is 1. The van der Waals surface area contributed by atoms with Crippen LogP contribution in [0.3, 0.4) is 0 Å². The minimum atomic E-state index is 0.799. The van der Waals surface area contributed by atoms with Gasteiger partial charge in [0.2, 0.25) is 0 Å². The van der Waals surface area contributed by atoms with Crippen LogP contribution in [0.2, 0.25) is 6.32 Å². The average molecular weight is 269 g/mol. The predicted molar refractivity (Wildman–Crippen MR) is 87.1 cm³/mol. The molecule has 0 aromatic rings. The van der Waals surface area contributed by atoms with E-state index in [0.717, 1.165) is 24.7 Å². The summed E-state index contributed by atoms with van der Waals surface area (Å²) in [5, 5.41) is 0. The first-order valence-electron chi connectivity index (χ1n) is 8.58. The number of likely N-dealkylation sites (tertiary alicyclic amines) is 1. The molecule has 1 saturated carbocycles. The van der Waals surface area contributed by atoms with Crippen LogP contribution in [0.1, 0.15) is 58.3 Å². The van der Waals surface area contributed by atoms with E-state index in [1.807, 2.05) is 0 Å². The van der Waals surface area contributed by atoms with Crippen molar-refractivity contribution in [3.8, 4) is 0 Å². The van der Waals surface area contributed by atoms with E-state index in [1.165, 1.54) is 58.0 Å². The zero-order chi connectivity index (χ0) is 13.9. The minimum Gasteiger partial charge on any atom is -0.300 e. The second-order valence-corrected chi connectivity index (χ2v) is 7.09. The lowest BCUT2D eigenvalue weighted by molar-refractivity contribution is 0.0549. The third-order valence-corrected chi connectivity index (χ3v) is 5.55. The van der Waals surface area contributed by atoms with E-state index in [9.17, 15) is 0 Å². The third kappa shape index (κ3) is 3.22. The number of rotatable bonds is 5. The number of allylic oxidation sites excluding steroid dienone is 4. The Balaban J connectivity index is 1.48. The van der Waals surface area contributed by atoms with Gasteiger partial charge in [-0.3, -0.25) is 4.90 Å². The Kier molecular flexibility index (Phi) is 4.70. The van der Waals surface area contributed by atoms with Gasteiger partial charge in [-0.15, -0.1) is 0 Å². The maximum Gasteiger partial charge on any atom is 0.0657 e. The van der Waals surface area contributed by atoms with Crippen LogP contribution in [0.5, 0.6) is 0 Å². The topological polar surface area (TPSA) is 3.24 Å². The van der Waals surface area contributed by atoms with Crippen LogP contribution < -0.4 is 0 Å². The molecular formula is C18H28BN. The minimum absolute atomic E-state index is 0.799. The Morgan fingerprint density at radius 3 is 2.60 bits per heavy atom. The lowest BCUT2D eigenvalue weighted by Gasteiger charge is -2.44. The van der Waals surface area contributed by atoms with E-state index in [2.05, 4.69) is 17.9 Å². The maximum absolute atomic E-state index is 5.66. The highest BCUT2D eigenvalue weighted by Crippen LogP contribution is 2.35. The van der Waals surface area contributed by atoms with Gasteiger partial charge in [-0.2, -0.15) is 0 Å². The molecule has 0 amide bonds. The fraction of sp³-hybridized carbons (Fsp3) is 0.778. The van der Waals surface area contributed by atoms with Crippen LogP contribution in [-0.2, 0) is 0 Å². The quantitative estimate of drug-likeness (QED) is 0.674. The summed E-state index contributed by atoms with van der Waals surface area (Å²) in [6.07, 6.45) is 14.0. The van der Waals surface area contributed by atoms with E-state index < -0.39 is 0 Å². The van der Waals surface area contributed by atoms with Crippen molar-refractivity contribution in [3.05, 3.63) is 22.8 Å². The molecule has 0 unspecified atom stereocenters. The molecule has 108 valence electrons. The summed E-state index contributed by atoms with van der Waals surface area (Å²) in [7, 11) is 5.66. The highest BCUT2D eigenvalue weighted by molar-refractivity contribution is 6.08. The molecule has 2 radical (unpaired) electrons. The lowest BCUT2D eigenvalue weighted by Crippen LogP contribution is -2.51. The largest absolute Gasteiger partial charge is 0.300 e. The Hall–Kier alpha value is -0.495. The second-order valence-electron chi connectivity index (χ2n) is 7.09. The van der Waals surface area contributed by atoms with Gasteiger partial charge in [-0.05, 0) is 51.4 Å². The van der Waals surface area contributed by atoms with Crippen molar-refractivity contribution in [3.63, 3.8) is 0 Å². The van der Waals surface area contributed by atoms with Crippen LogP contribution in [0.15, 0.2) is 22.8 Å². The molecule has 2 heteroatoms. The average Bonchev–Trinajstić information content (AvgIpc) is 2.89. The van der Waals surface area contributed by atoms with Gasteiger partial charge >= 0.3 is 0 Å². The van der Waals surface area contributed by atoms with Crippen LogP contribution in [-0.4, -0.2) is 31.9 Å². The Bertz CT molecular complexity index is 398. The molecule has 0 aromatic carbocycles. The van der Waals surface area contributed by atoms with Gasteiger partial charge < -0.3 is 0 Å². The molecule has 3 rings (SSSR count). The van der Waals surface area contributed by atoms with Crippen molar-refractivity contribution >= 4 is 7.85 Å². The number of hydrogen-bond donors (Lipinski definition) is 0. The monoisotopic (exact) mass is 269 g/mol. The molecule has 0 bridgehead atoms. The maximum atomic E-state index is 5.66. The zero-order valence-corrected chi connectivity index (χ0v) is 13.0. The summed E-state index contributed by atoms with van der Waals surface area (Å²) in [4.78, 5) is 2.74. The molecule has 1 nitrogen and oxygen atoms in total. The second kappa shape index (κ2) is 6.51. The van der Waals surface area contributed by atoms with Crippen molar-refractivity contribution in [1.82, 2.24) is 4.90 Å². The molecule has 1 saturated heterocycles. The predicted octanol–water partition coefficient (Wildman–Crippen LogP) is 4.26. The molecule has 2 aliphatic carbocycles. The third-order valence-electron chi connectivity index (χ3n) is 5.55. The highest BCUT2D eigenvalue weighted by atomic mass is 15.2. The van der Waals surface area contributed by atoms with E-state index in [0.29, 0.717) is 0 Å². The highest BCUT2D eigenvalue weighted by Gasteiger charge is 2.34. The smallest absolute Gasteiger partial charge is 0.0657 e. The van der Waals surface area contributed by atoms with Crippen LogP contribution >= 0.6 is 0 Å². The van der Waals surface area contributed by atoms with E-state index >= 15 is 0 Å². The fourth-order valence-corrected chi connectivity index (χ4v) is 4.29. The molecule has 1 heterocycles. The van der Waals surface area contributed by atoms with Gasteiger partial charge in [-0.1, -0.05) is 42.0 Å². The SMILES string of the molecule is [B]CCC1=CC(C)=C(CC2CN(C3CCCC3)C2)CC1. The van der Waals surface area contributed by atoms with Gasteiger partial charge in [0.1, 0.15) is 0 Å². The fourth-order valence-electron chi connectivity index (χ4n) is 4.29. The Morgan fingerprint density at radius 1 is 1.20 bits per heavy atom. The van der Waals surface area contributed by atoms with Gasteiger partial charge in [0.25, 0.3) is 0 Å². The first kappa shape index (κ1) is 14.4. The van der Waals surface area contributed by atoms with Crippen molar-refractivity contribution < 1.29 is 0 Å².